The second-order valence-electron chi connectivity index (χ2n) is 10.7. The largest absolute Gasteiger partial charge is 0.371 e. The molecule has 1 saturated heterocycles. The zero-order valence-electron chi connectivity index (χ0n) is 23.8. The van der Waals surface area contributed by atoms with Crippen LogP contribution in [-0.2, 0) is 6.54 Å². The summed E-state index contributed by atoms with van der Waals surface area (Å²) in [5.74, 6) is 0.359. The van der Waals surface area contributed by atoms with Gasteiger partial charge >= 0.3 is 0 Å². The van der Waals surface area contributed by atoms with Gasteiger partial charge in [-0.3, -0.25) is 24.9 Å². The average molecular weight is 640 g/mol. The third-order valence-corrected chi connectivity index (χ3v) is 9.27. The van der Waals surface area contributed by atoms with E-state index in [2.05, 4.69) is 20.0 Å². The molecule has 1 aliphatic heterocycles. The molecule has 0 unspecified atom stereocenters. The molecular weight excluding hydrogens is 614 g/mol. The van der Waals surface area contributed by atoms with Crippen LogP contribution >= 0.6 is 22.9 Å². The van der Waals surface area contributed by atoms with Crippen molar-refractivity contribution in [1.82, 2.24) is 19.7 Å². The Morgan fingerprint density at radius 3 is 2.42 bits per heavy atom. The van der Waals surface area contributed by atoms with E-state index in [4.69, 9.17) is 16.1 Å². The summed E-state index contributed by atoms with van der Waals surface area (Å²) >= 11 is 7.51. The number of hydrogen-bond donors (Lipinski definition) is 0. The average Bonchev–Trinajstić information content (AvgIpc) is 3.81. The lowest BCUT2D eigenvalue weighted by atomic mass is 10.0. The number of thiophene rings is 1. The van der Waals surface area contributed by atoms with Gasteiger partial charge in [-0.1, -0.05) is 16.8 Å². The third-order valence-electron chi connectivity index (χ3n) is 8.03. The molecule has 1 amide bonds. The molecule has 0 bridgehead atoms. The van der Waals surface area contributed by atoms with E-state index in [1.807, 2.05) is 45.9 Å². The number of amides is 1. The fourth-order valence-electron chi connectivity index (χ4n) is 5.89. The molecule has 6 heterocycles. The number of aromatic nitrogens is 4. The number of nitro benzene ring substituents is 1. The summed E-state index contributed by atoms with van der Waals surface area (Å²) in [6, 6.07) is 19.4. The van der Waals surface area contributed by atoms with Crippen molar-refractivity contribution in [2.45, 2.75) is 25.4 Å². The first-order chi connectivity index (χ1) is 21.9. The first kappa shape index (κ1) is 28.7. The van der Waals surface area contributed by atoms with Crippen molar-refractivity contribution in [2.75, 3.05) is 22.9 Å². The van der Waals surface area contributed by atoms with Crippen LogP contribution in [0.3, 0.4) is 0 Å². The monoisotopic (exact) mass is 639 g/mol. The Morgan fingerprint density at radius 2 is 1.73 bits per heavy atom. The Kier molecular flexibility index (Phi) is 7.74. The molecule has 1 aliphatic rings. The molecule has 226 valence electrons. The number of piperidine rings is 1. The molecule has 6 aromatic rings. The van der Waals surface area contributed by atoms with Gasteiger partial charge in [-0.25, -0.2) is 0 Å². The standard InChI is InChI=1S/C32H26ClN7O4S/c33-31-4-3-30(45-31)29-19-22(36-44-29)20-38-27-2-1-26(40(42)43)17-21(27)18-28(38)32(41)39(24-7-13-35-14-8-24)25-9-15-37(16-10-25)23-5-11-34-12-6-23/h1-8,11-14,17-19,25H,9-10,15-16,20H2. The Bertz CT molecular complexity index is 1980. The first-order valence-electron chi connectivity index (χ1n) is 14.3. The number of carbonyl (C=O) groups is 1. The van der Waals surface area contributed by atoms with Crippen LogP contribution in [-0.4, -0.2) is 49.7 Å². The fourth-order valence-corrected chi connectivity index (χ4v) is 6.88. The van der Waals surface area contributed by atoms with Gasteiger partial charge in [-0.15, -0.1) is 11.3 Å². The van der Waals surface area contributed by atoms with Crippen molar-refractivity contribution in [3.8, 4) is 10.6 Å². The summed E-state index contributed by atoms with van der Waals surface area (Å²) in [5, 5.41) is 16.5. The van der Waals surface area contributed by atoms with Crippen LogP contribution in [0.15, 0.2) is 96.0 Å². The zero-order chi connectivity index (χ0) is 30.9. The van der Waals surface area contributed by atoms with Crippen LogP contribution in [0.1, 0.15) is 29.0 Å². The highest BCUT2D eigenvalue weighted by Crippen LogP contribution is 2.34. The number of hydrogen-bond acceptors (Lipinski definition) is 9. The molecule has 0 radical (unpaired) electrons. The van der Waals surface area contributed by atoms with E-state index in [0.29, 0.717) is 32.4 Å². The molecule has 1 fully saturated rings. The first-order valence-corrected chi connectivity index (χ1v) is 15.5. The number of carbonyl (C=O) groups excluding carboxylic acids is 1. The van der Waals surface area contributed by atoms with E-state index in [9.17, 15) is 14.9 Å². The van der Waals surface area contributed by atoms with E-state index in [0.717, 1.165) is 42.2 Å². The van der Waals surface area contributed by atoms with Gasteiger partial charge in [0.15, 0.2) is 5.76 Å². The van der Waals surface area contributed by atoms with Crippen molar-refractivity contribution >= 4 is 56.8 Å². The molecule has 0 spiro atoms. The summed E-state index contributed by atoms with van der Waals surface area (Å²) in [4.78, 5) is 39.1. The van der Waals surface area contributed by atoms with Gasteiger partial charge < -0.3 is 18.9 Å². The number of pyridine rings is 2. The number of halogens is 1. The summed E-state index contributed by atoms with van der Waals surface area (Å²) in [6.45, 7) is 1.76. The lowest BCUT2D eigenvalue weighted by Gasteiger charge is -2.39. The predicted octanol–water partition coefficient (Wildman–Crippen LogP) is 7.07. The fraction of sp³-hybridized carbons (Fsp3) is 0.188. The van der Waals surface area contributed by atoms with Gasteiger partial charge in [-0.2, -0.15) is 0 Å². The Labute approximate surface area is 266 Å². The van der Waals surface area contributed by atoms with Crippen molar-refractivity contribution < 1.29 is 14.2 Å². The van der Waals surface area contributed by atoms with Gasteiger partial charge in [0.25, 0.3) is 11.6 Å². The maximum Gasteiger partial charge on any atom is 0.275 e. The lowest BCUT2D eigenvalue weighted by molar-refractivity contribution is -0.384. The maximum absolute atomic E-state index is 14.7. The number of nitro groups is 1. The summed E-state index contributed by atoms with van der Waals surface area (Å²) in [6.07, 6.45) is 8.41. The van der Waals surface area contributed by atoms with Crippen molar-refractivity contribution in [1.29, 1.82) is 0 Å². The predicted molar refractivity (Wildman–Crippen MR) is 173 cm³/mol. The second-order valence-corrected chi connectivity index (χ2v) is 12.4. The normalized spacial score (nSPS) is 13.8. The number of fused-ring (bicyclic) bond motifs is 1. The van der Waals surface area contributed by atoms with E-state index in [-0.39, 0.29) is 24.2 Å². The highest BCUT2D eigenvalue weighted by Gasteiger charge is 2.32. The minimum atomic E-state index is -0.436. The minimum absolute atomic E-state index is 0.0496. The van der Waals surface area contributed by atoms with E-state index >= 15 is 0 Å². The second kappa shape index (κ2) is 12.1. The van der Waals surface area contributed by atoms with Crippen molar-refractivity contribution in [3.05, 3.63) is 117 Å². The Morgan fingerprint density at radius 1 is 1.00 bits per heavy atom. The van der Waals surface area contributed by atoms with Crippen LogP contribution in [0.4, 0.5) is 17.1 Å². The smallest absolute Gasteiger partial charge is 0.275 e. The molecule has 1 aromatic carbocycles. The number of benzene rings is 1. The SMILES string of the molecule is O=C(c1cc2cc([N+](=O)[O-])ccc2n1Cc1cc(-c2ccc(Cl)s2)on1)N(c1ccncc1)C1CCN(c2ccncc2)CC1. The topological polar surface area (TPSA) is 123 Å². The molecule has 0 saturated carbocycles. The van der Waals surface area contributed by atoms with Crippen LogP contribution in [0, 0.1) is 10.1 Å². The van der Waals surface area contributed by atoms with E-state index < -0.39 is 4.92 Å². The molecule has 0 aliphatic carbocycles. The van der Waals surface area contributed by atoms with Crippen LogP contribution in [0.25, 0.3) is 21.5 Å². The Balaban J connectivity index is 1.26. The summed E-state index contributed by atoms with van der Waals surface area (Å²) < 4.78 is 8.11. The highest BCUT2D eigenvalue weighted by atomic mass is 35.5. The lowest BCUT2D eigenvalue weighted by Crippen LogP contribution is -2.48. The molecule has 45 heavy (non-hydrogen) atoms. The number of nitrogens with zero attached hydrogens (tertiary/aromatic N) is 7. The van der Waals surface area contributed by atoms with Gasteiger partial charge in [0, 0.05) is 84.4 Å². The number of anilines is 2. The summed E-state index contributed by atoms with van der Waals surface area (Å²) in [7, 11) is 0. The molecular formula is C32H26ClN7O4S. The minimum Gasteiger partial charge on any atom is -0.371 e. The molecule has 13 heteroatoms. The van der Waals surface area contributed by atoms with E-state index in [1.54, 1.807) is 43.0 Å². The number of rotatable bonds is 8. The molecule has 11 nitrogen and oxygen atoms in total. The molecule has 0 atom stereocenters. The quantitative estimate of drug-likeness (QED) is 0.128. The van der Waals surface area contributed by atoms with Gasteiger partial charge in [0.1, 0.15) is 11.4 Å². The van der Waals surface area contributed by atoms with Gasteiger partial charge in [0.2, 0.25) is 0 Å². The van der Waals surface area contributed by atoms with Crippen molar-refractivity contribution in [2.24, 2.45) is 0 Å². The van der Waals surface area contributed by atoms with E-state index in [1.165, 1.54) is 23.5 Å². The zero-order valence-corrected chi connectivity index (χ0v) is 25.4. The summed E-state index contributed by atoms with van der Waals surface area (Å²) in [5.41, 5.74) is 3.45. The highest BCUT2D eigenvalue weighted by molar-refractivity contribution is 7.19. The van der Waals surface area contributed by atoms with Crippen LogP contribution in [0.5, 0.6) is 0 Å². The molecule has 0 N–H and O–H groups in total. The van der Waals surface area contributed by atoms with Crippen LogP contribution in [0.2, 0.25) is 4.34 Å². The van der Waals surface area contributed by atoms with Gasteiger partial charge in [0.05, 0.1) is 20.7 Å². The Hall–Kier alpha value is -5.07. The molecule has 7 rings (SSSR count). The van der Waals surface area contributed by atoms with Crippen LogP contribution < -0.4 is 9.80 Å². The van der Waals surface area contributed by atoms with Gasteiger partial charge in [-0.05, 0) is 61.4 Å². The van der Waals surface area contributed by atoms with Crippen molar-refractivity contribution in [3.63, 3.8) is 0 Å². The maximum atomic E-state index is 14.7. The molecule has 5 aromatic heterocycles. The number of non-ortho nitro benzene ring substituents is 1. The third kappa shape index (κ3) is 5.77.